The van der Waals surface area contributed by atoms with Crippen LogP contribution in [0.25, 0.3) is 0 Å². The number of amides is 2. The Morgan fingerprint density at radius 3 is 2.61 bits per heavy atom. The Hall–Kier alpha value is -2.75. The van der Waals surface area contributed by atoms with Gasteiger partial charge in [-0.1, -0.05) is 12.1 Å². The maximum Gasteiger partial charge on any atom is 0.240 e. The lowest BCUT2D eigenvalue weighted by molar-refractivity contribution is -0.122. The molecule has 2 fully saturated rings. The van der Waals surface area contributed by atoms with Crippen molar-refractivity contribution in [3.8, 4) is 0 Å². The summed E-state index contributed by atoms with van der Waals surface area (Å²) < 4.78 is 33.0. The molecule has 0 bridgehead atoms. The largest absolute Gasteiger partial charge is 0.377 e. The summed E-state index contributed by atoms with van der Waals surface area (Å²) in [6.07, 6.45) is 1.84. The molecule has 2 aliphatic heterocycles. The van der Waals surface area contributed by atoms with Gasteiger partial charge in [0.05, 0.1) is 16.9 Å². The van der Waals surface area contributed by atoms with E-state index < -0.39 is 15.9 Å². The fourth-order valence-corrected chi connectivity index (χ4v) is 5.26. The first kappa shape index (κ1) is 23.4. The lowest BCUT2D eigenvalue weighted by Crippen LogP contribution is -2.31. The first-order valence-corrected chi connectivity index (χ1v) is 12.6. The highest BCUT2D eigenvalue weighted by molar-refractivity contribution is 7.89. The molecule has 0 saturated carbocycles. The van der Waals surface area contributed by atoms with Crippen molar-refractivity contribution < 1.29 is 22.7 Å². The Bertz CT molecular complexity index is 1140. The van der Waals surface area contributed by atoms with Crippen molar-refractivity contribution in [3.63, 3.8) is 0 Å². The highest BCUT2D eigenvalue weighted by Gasteiger charge is 2.35. The van der Waals surface area contributed by atoms with E-state index in [0.717, 1.165) is 29.7 Å². The minimum absolute atomic E-state index is 0.0809. The van der Waals surface area contributed by atoms with Gasteiger partial charge in [0, 0.05) is 37.5 Å². The minimum Gasteiger partial charge on any atom is -0.377 e. The van der Waals surface area contributed by atoms with Gasteiger partial charge < -0.3 is 15.0 Å². The highest BCUT2D eigenvalue weighted by atomic mass is 32.2. The Morgan fingerprint density at radius 1 is 1.15 bits per heavy atom. The molecule has 0 aromatic heterocycles. The summed E-state index contributed by atoms with van der Waals surface area (Å²) in [5, 5.41) is 2.80. The Kier molecular flexibility index (Phi) is 6.83. The number of nitrogens with zero attached hydrogens (tertiary/aromatic N) is 1. The van der Waals surface area contributed by atoms with E-state index in [1.807, 2.05) is 32.0 Å². The third-order valence-corrected chi connectivity index (χ3v) is 7.76. The van der Waals surface area contributed by atoms with E-state index in [0.29, 0.717) is 18.8 Å². The molecule has 2 aromatic rings. The third-order valence-electron chi connectivity index (χ3n) is 6.32. The van der Waals surface area contributed by atoms with Crippen molar-refractivity contribution in [2.75, 3.05) is 29.9 Å². The topological polar surface area (TPSA) is 105 Å². The van der Waals surface area contributed by atoms with E-state index in [2.05, 4.69) is 10.0 Å². The monoisotopic (exact) mass is 471 g/mol. The van der Waals surface area contributed by atoms with Gasteiger partial charge in [-0.2, -0.15) is 0 Å². The molecule has 2 N–H and O–H groups in total. The zero-order chi connectivity index (χ0) is 23.6. The number of aryl methyl sites for hydroxylation is 1. The number of carbonyl (C=O) groups excluding carboxylic acids is 2. The average Bonchev–Trinajstić information content (AvgIpc) is 3.45. The second-order valence-electron chi connectivity index (χ2n) is 8.62. The zero-order valence-corrected chi connectivity index (χ0v) is 19.7. The van der Waals surface area contributed by atoms with E-state index in [4.69, 9.17) is 4.74 Å². The molecular weight excluding hydrogens is 442 g/mol. The van der Waals surface area contributed by atoms with Crippen molar-refractivity contribution in [1.82, 2.24) is 4.72 Å². The number of anilines is 2. The van der Waals surface area contributed by atoms with Crippen molar-refractivity contribution >= 4 is 33.2 Å². The molecule has 8 nitrogen and oxygen atoms in total. The normalized spacial score (nSPS) is 20.9. The van der Waals surface area contributed by atoms with Crippen LogP contribution >= 0.6 is 0 Å². The average molecular weight is 472 g/mol. The summed E-state index contributed by atoms with van der Waals surface area (Å²) >= 11 is 0. The van der Waals surface area contributed by atoms with Gasteiger partial charge in [-0.05, 0) is 68.1 Å². The van der Waals surface area contributed by atoms with Gasteiger partial charge in [0.25, 0.3) is 0 Å². The maximum absolute atomic E-state index is 12.8. The first-order valence-electron chi connectivity index (χ1n) is 11.1. The van der Waals surface area contributed by atoms with Crippen LogP contribution in [-0.2, 0) is 24.3 Å². The highest BCUT2D eigenvalue weighted by Crippen LogP contribution is 2.30. The zero-order valence-electron chi connectivity index (χ0n) is 18.8. The number of carbonyl (C=O) groups is 2. The van der Waals surface area contributed by atoms with Crippen molar-refractivity contribution in [2.45, 2.75) is 44.1 Å². The number of nitrogens with one attached hydrogen (secondary N) is 2. The van der Waals surface area contributed by atoms with Gasteiger partial charge in [-0.25, -0.2) is 13.1 Å². The van der Waals surface area contributed by atoms with Gasteiger partial charge in [0.1, 0.15) is 0 Å². The standard InChI is InChI=1S/C24H29N3O5S/c1-16-5-3-7-22(17(16)2)27-15-18(13-23(27)28)24(29)26-19-8-10-21(11-9-19)33(30,31)25-14-20-6-4-12-32-20/h3,5,7-11,18,20,25H,4,6,12-15H2,1-2H3,(H,26,29)/t18-,20+/m0/s1. The number of hydrogen-bond acceptors (Lipinski definition) is 5. The fraction of sp³-hybridized carbons (Fsp3) is 0.417. The SMILES string of the molecule is Cc1cccc(N2C[C@@H](C(=O)Nc3ccc(S(=O)(=O)NC[C@H]4CCCO4)cc3)CC2=O)c1C. The van der Waals surface area contributed by atoms with E-state index in [1.165, 1.54) is 12.1 Å². The molecule has 4 rings (SSSR count). The van der Waals surface area contributed by atoms with Gasteiger partial charge in [0.2, 0.25) is 21.8 Å². The Morgan fingerprint density at radius 2 is 1.91 bits per heavy atom. The summed E-state index contributed by atoms with van der Waals surface area (Å²) in [5.74, 6) is -0.820. The first-order chi connectivity index (χ1) is 15.7. The number of sulfonamides is 1. The summed E-state index contributed by atoms with van der Waals surface area (Å²) in [7, 11) is -3.66. The van der Waals surface area contributed by atoms with E-state index in [1.54, 1.807) is 17.0 Å². The summed E-state index contributed by atoms with van der Waals surface area (Å²) in [6, 6.07) is 11.8. The van der Waals surface area contributed by atoms with Crippen LogP contribution in [0.5, 0.6) is 0 Å². The fourth-order valence-electron chi connectivity index (χ4n) is 4.20. The summed E-state index contributed by atoms with van der Waals surface area (Å²) in [6.45, 7) is 5.18. The lowest BCUT2D eigenvalue weighted by Gasteiger charge is -2.20. The molecule has 9 heteroatoms. The van der Waals surface area contributed by atoms with E-state index in [9.17, 15) is 18.0 Å². The van der Waals surface area contributed by atoms with Crippen LogP contribution in [0.1, 0.15) is 30.4 Å². The van der Waals surface area contributed by atoms with Crippen LogP contribution in [0.15, 0.2) is 47.4 Å². The molecule has 0 aliphatic carbocycles. The molecule has 2 saturated heterocycles. The quantitative estimate of drug-likeness (QED) is 0.646. The molecule has 2 aromatic carbocycles. The number of rotatable bonds is 7. The molecule has 2 heterocycles. The number of benzene rings is 2. The predicted molar refractivity (Wildman–Crippen MR) is 126 cm³/mol. The molecule has 0 radical (unpaired) electrons. The third kappa shape index (κ3) is 5.26. The van der Waals surface area contributed by atoms with Crippen LogP contribution < -0.4 is 14.9 Å². The number of hydrogen-bond donors (Lipinski definition) is 2. The minimum atomic E-state index is -3.66. The van der Waals surface area contributed by atoms with Crippen LogP contribution in [0.3, 0.4) is 0 Å². The Balaban J connectivity index is 1.36. The maximum atomic E-state index is 12.8. The van der Waals surface area contributed by atoms with Gasteiger partial charge in [-0.3, -0.25) is 9.59 Å². The molecule has 0 spiro atoms. The van der Waals surface area contributed by atoms with Crippen molar-refractivity contribution in [1.29, 1.82) is 0 Å². The van der Waals surface area contributed by atoms with E-state index in [-0.39, 0.29) is 35.8 Å². The summed E-state index contributed by atoms with van der Waals surface area (Å²) in [4.78, 5) is 27.2. The smallest absolute Gasteiger partial charge is 0.240 e. The lowest BCUT2D eigenvalue weighted by atomic mass is 10.1. The summed E-state index contributed by atoms with van der Waals surface area (Å²) in [5.41, 5.74) is 3.43. The number of ether oxygens (including phenoxy) is 1. The molecule has 176 valence electrons. The Labute approximate surface area is 194 Å². The van der Waals surface area contributed by atoms with E-state index >= 15 is 0 Å². The predicted octanol–water partition coefficient (Wildman–Crippen LogP) is 2.75. The van der Waals surface area contributed by atoms with Crippen LogP contribution in [0.2, 0.25) is 0 Å². The van der Waals surface area contributed by atoms with Crippen LogP contribution in [0.4, 0.5) is 11.4 Å². The second kappa shape index (κ2) is 9.62. The molecule has 0 unspecified atom stereocenters. The van der Waals surface area contributed by atoms with Gasteiger partial charge in [-0.15, -0.1) is 0 Å². The molecule has 33 heavy (non-hydrogen) atoms. The van der Waals surface area contributed by atoms with Crippen molar-refractivity contribution in [3.05, 3.63) is 53.6 Å². The molecule has 2 amide bonds. The van der Waals surface area contributed by atoms with Crippen LogP contribution in [-0.4, -0.2) is 46.0 Å². The molecular formula is C24H29N3O5S. The van der Waals surface area contributed by atoms with Gasteiger partial charge >= 0.3 is 0 Å². The van der Waals surface area contributed by atoms with Crippen molar-refractivity contribution in [2.24, 2.45) is 5.92 Å². The molecule has 2 atom stereocenters. The molecule has 2 aliphatic rings. The van der Waals surface area contributed by atoms with Crippen LogP contribution in [0, 0.1) is 19.8 Å². The van der Waals surface area contributed by atoms with Gasteiger partial charge in [0.15, 0.2) is 0 Å². The second-order valence-corrected chi connectivity index (χ2v) is 10.4.